The summed E-state index contributed by atoms with van der Waals surface area (Å²) in [6.07, 6.45) is -5.86. The van der Waals surface area contributed by atoms with Crippen LogP contribution in [0.25, 0.3) is 11.1 Å². The van der Waals surface area contributed by atoms with Gasteiger partial charge in [-0.15, -0.1) is 13.2 Å². The highest BCUT2D eigenvalue weighted by atomic mass is 19.4. The van der Waals surface area contributed by atoms with E-state index in [1.165, 1.54) is 37.4 Å². The fourth-order valence-corrected chi connectivity index (χ4v) is 4.07. The Balaban J connectivity index is 1.61. The molecular formula is C25H20F5NO3. The SMILES string of the molecule is COC(O)C1CC(c2c(F)cccc2F)=NC1c1ccc(-c2ccc(OC(F)(F)F)cc2)cc1. The molecule has 0 spiro atoms. The number of methoxy groups -OCH3 is 1. The number of rotatable bonds is 6. The summed E-state index contributed by atoms with van der Waals surface area (Å²) in [5.41, 5.74) is 2.06. The van der Waals surface area contributed by atoms with E-state index in [0.29, 0.717) is 11.1 Å². The molecule has 0 fully saturated rings. The molecule has 0 aromatic heterocycles. The predicted molar refractivity (Wildman–Crippen MR) is 115 cm³/mol. The molecule has 0 saturated carbocycles. The van der Waals surface area contributed by atoms with Crippen LogP contribution in [-0.4, -0.2) is 30.6 Å². The molecule has 0 radical (unpaired) electrons. The molecular weight excluding hydrogens is 457 g/mol. The highest BCUT2D eigenvalue weighted by Crippen LogP contribution is 2.40. The van der Waals surface area contributed by atoms with Crippen LogP contribution in [0.15, 0.2) is 71.7 Å². The van der Waals surface area contributed by atoms with Gasteiger partial charge in [-0.05, 0) is 41.0 Å². The second kappa shape index (κ2) is 9.52. The van der Waals surface area contributed by atoms with E-state index in [1.54, 1.807) is 24.3 Å². The Labute approximate surface area is 192 Å². The molecule has 3 aromatic carbocycles. The second-order valence-corrected chi connectivity index (χ2v) is 7.81. The van der Waals surface area contributed by atoms with Crippen LogP contribution >= 0.6 is 0 Å². The van der Waals surface area contributed by atoms with E-state index in [1.807, 2.05) is 0 Å². The third-order valence-corrected chi connectivity index (χ3v) is 5.66. The van der Waals surface area contributed by atoms with Crippen LogP contribution in [0.5, 0.6) is 5.75 Å². The summed E-state index contributed by atoms with van der Waals surface area (Å²) in [4.78, 5) is 4.52. The lowest BCUT2D eigenvalue weighted by Gasteiger charge is -2.22. The number of hydrogen-bond acceptors (Lipinski definition) is 4. The standard InChI is InChI=1S/C25H20F5NO3/c1-33-24(32)18-13-21(22-19(26)3-2-4-20(22)27)31-23(18)16-7-5-14(6-8-16)15-9-11-17(12-10-15)34-25(28,29)30/h2-12,18,23-24,32H,13H2,1H3. The fourth-order valence-electron chi connectivity index (χ4n) is 4.07. The molecule has 1 aliphatic heterocycles. The van der Waals surface area contributed by atoms with Crippen molar-refractivity contribution >= 4 is 5.71 Å². The van der Waals surface area contributed by atoms with Crippen molar-refractivity contribution in [1.29, 1.82) is 0 Å². The van der Waals surface area contributed by atoms with Crippen molar-refractivity contribution in [3.8, 4) is 16.9 Å². The fraction of sp³-hybridized carbons (Fsp3) is 0.240. The van der Waals surface area contributed by atoms with Gasteiger partial charge in [-0.25, -0.2) is 8.78 Å². The Morgan fingerprint density at radius 2 is 1.47 bits per heavy atom. The first-order valence-electron chi connectivity index (χ1n) is 10.3. The number of benzene rings is 3. The van der Waals surface area contributed by atoms with Crippen molar-refractivity contribution in [3.63, 3.8) is 0 Å². The van der Waals surface area contributed by atoms with E-state index < -0.39 is 36.2 Å². The normalized spacial score (nSPS) is 19.1. The van der Waals surface area contributed by atoms with E-state index in [4.69, 9.17) is 4.74 Å². The number of aliphatic hydroxyl groups is 1. The van der Waals surface area contributed by atoms with Crippen LogP contribution in [0.4, 0.5) is 22.0 Å². The Morgan fingerprint density at radius 1 is 0.912 bits per heavy atom. The third kappa shape index (κ3) is 5.10. The van der Waals surface area contributed by atoms with Crippen molar-refractivity contribution in [2.75, 3.05) is 7.11 Å². The van der Waals surface area contributed by atoms with Crippen LogP contribution in [0.1, 0.15) is 23.6 Å². The minimum atomic E-state index is -4.77. The lowest BCUT2D eigenvalue weighted by molar-refractivity contribution is -0.274. The summed E-state index contributed by atoms with van der Waals surface area (Å²) in [7, 11) is 1.33. The summed E-state index contributed by atoms with van der Waals surface area (Å²) >= 11 is 0. The summed E-state index contributed by atoms with van der Waals surface area (Å²) in [5.74, 6) is -2.36. The second-order valence-electron chi connectivity index (χ2n) is 7.81. The largest absolute Gasteiger partial charge is 0.573 e. The number of alkyl halides is 3. The van der Waals surface area contributed by atoms with Crippen LogP contribution < -0.4 is 4.74 Å². The highest BCUT2D eigenvalue weighted by molar-refractivity contribution is 6.02. The molecule has 1 N–H and O–H groups in total. The molecule has 4 nitrogen and oxygen atoms in total. The number of aliphatic imine (C=N–C) groups is 1. The molecule has 3 unspecified atom stereocenters. The topological polar surface area (TPSA) is 51.0 Å². The number of halogens is 5. The highest BCUT2D eigenvalue weighted by Gasteiger charge is 2.37. The van der Waals surface area contributed by atoms with Gasteiger partial charge in [0.05, 0.1) is 11.6 Å². The van der Waals surface area contributed by atoms with Gasteiger partial charge in [-0.2, -0.15) is 0 Å². The Morgan fingerprint density at radius 3 is 2.00 bits per heavy atom. The average molecular weight is 477 g/mol. The maximum Gasteiger partial charge on any atom is 0.573 e. The lowest BCUT2D eigenvalue weighted by Crippen LogP contribution is -2.25. The number of nitrogens with zero attached hydrogens (tertiary/aromatic N) is 1. The van der Waals surface area contributed by atoms with Gasteiger partial charge >= 0.3 is 6.36 Å². The van der Waals surface area contributed by atoms with Crippen LogP contribution in [-0.2, 0) is 4.74 Å². The molecule has 34 heavy (non-hydrogen) atoms. The number of ether oxygens (including phenoxy) is 2. The van der Waals surface area contributed by atoms with Gasteiger partial charge in [0.15, 0.2) is 6.29 Å². The van der Waals surface area contributed by atoms with Crippen molar-refractivity contribution in [3.05, 3.63) is 89.5 Å². The van der Waals surface area contributed by atoms with Crippen LogP contribution in [0.3, 0.4) is 0 Å². The predicted octanol–water partition coefficient (Wildman–Crippen LogP) is 6.05. The molecule has 3 aromatic rings. The first-order valence-corrected chi connectivity index (χ1v) is 10.3. The van der Waals surface area contributed by atoms with Crippen molar-refractivity contribution < 1.29 is 36.5 Å². The van der Waals surface area contributed by atoms with Crippen molar-refractivity contribution in [2.24, 2.45) is 10.9 Å². The summed E-state index contributed by atoms with van der Waals surface area (Å²) < 4.78 is 74.6. The molecule has 4 rings (SSSR count). The van der Waals surface area contributed by atoms with Gasteiger partial charge < -0.3 is 14.6 Å². The van der Waals surface area contributed by atoms with Gasteiger partial charge in [-0.1, -0.05) is 42.5 Å². The van der Waals surface area contributed by atoms with Gasteiger partial charge in [0.25, 0.3) is 0 Å². The number of aliphatic hydroxyl groups excluding tert-OH is 1. The third-order valence-electron chi connectivity index (χ3n) is 5.66. The van der Waals surface area contributed by atoms with Gasteiger partial charge in [0, 0.05) is 25.2 Å². The maximum absolute atomic E-state index is 14.3. The van der Waals surface area contributed by atoms with Gasteiger partial charge in [0.1, 0.15) is 17.4 Å². The lowest BCUT2D eigenvalue weighted by atomic mass is 9.90. The molecule has 0 amide bonds. The first kappa shape index (κ1) is 23.8. The van der Waals surface area contributed by atoms with Crippen molar-refractivity contribution in [1.82, 2.24) is 0 Å². The molecule has 1 aliphatic rings. The average Bonchev–Trinajstić information content (AvgIpc) is 3.23. The maximum atomic E-state index is 14.3. The molecule has 1 heterocycles. The monoisotopic (exact) mass is 477 g/mol. The molecule has 3 atom stereocenters. The molecule has 0 bridgehead atoms. The van der Waals surface area contributed by atoms with Crippen LogP contribution in [0, 0.1) is 17.6 Å². The quantitative estimate of drug-likeness (QED) is 0.348. The molecule has 9 heteroatoms. The Kier molecular flexibility index (Phi) is 6.67. The zero-order valence-corrected chi connectivity index (χ0v) is 17.9. The van der Waals surface area contributed by atoms with Crippen LogP contribution in [0.2, 0.25) is 0 Å². The zero-order chi connectivity index (χ0) is 24.5. The number of hydrogen-bond donors (Lipinski definition) is 1. The molecule has 178 valence electrons. The Bertz CT molecular complexity index is 1160. The van der Waals surface area contributed by atoms with E-state index in [2.05, 4.69) is 9.73 Å². The summed E-state index contributed by atoms with van der Waals surface area (Å²) in [6.45, 7) is 0. The minimum absolute atomic E-state index is 0.111. The smallest absolute Gasteiger partial charge is 0.406 e. The summed E-state index contributed by atoms with van der Waals surface area (Å²) in [5, 5.41) is 10.4. The van der Waals surface area contributed by atoms with E-state index in [-0.39, 0.29) is 23.4 Å². The first-order chi connectivity index (χ1) is 16.2. The Hall–Kier alpha value is -3.30. The van der Waals surface area contributed by atoms with Crippen molar-refractivity contribution in [2.45, 2.75) is 25.1 Å². The van der Waals surface area contributed by atoms with Gasteiger partial charge in [0.2, 0.25) is 0 Å². The zero-order valence-electron chi connectivity index (χ0n) is 17.9. The summed E-state index contributed by atoms with van der Waals surface area (Å²) in [6, 6.07) is 15.4. The minimum Gasteiger partial charge on any atom is -0.406 e. The van der Waals surface area contributed by atoms with E-state index in [9.17, 15) is 27.1 Å². The molecule has 0 saturated heterocycles. The van der Waals surface area contributed by atoms with E-state index in [0.717, 1.165) is 17.7 Å². The molecule has 0 aliphatic carbocycles. The van der Waals surface area contributed by atoms with Gasteiger partial charge in [-0.3, -0.25) is 4.99 Å². The van der Waals surface area contributed by atoms with E-state index >= 15 is 0 Å².